The fourth-order valence-corrected chi connectivity index (χ4v) is 6.45. The molecule has 0 radical (unpaired) electrons. The summed E-state index contributed by atoms with van der Waals surface area (Å²) in [5.41, 5.74) is 7.24. The van der Waals surface area contributed by atoms with Gasteiger partial charge in [-0.1, -0.05) is 32.0 Å². The van der Waals surface area contributed by atoms with Crippen LogP contribution in [0.5, 0.6) is 5.75 Å². The first-order valence-electron chi connectivity index (χ1n) is 13.7. The van der Waals surface area contributed by atoms with E-state index in [1.54, 1.807) is 0 Å². The Morgan fingerprint density at radius 1 is 1.06 bits per heavy atom. The van der Waals surface area contributed by atoms with Crippen molar-refractivity contribution in [2.45, 2.75) is 85.5 Å². The zero-order valence-electron chi connectivity index (χ0n) is 22.8. The molecule has 0 saturated carbocycles. The molecule has 0 unspecified atom stereocenters. The summed E-state index contributed by atoms with van der Waals surface area (Å²) in [5.74, 6) is 1.50. The van der Waals surface area contributed by atoms with Gasteiger partial charge in [-0.2, -0.15) is 0 Å². The van der Waals surface area contributed by atoms with Gasteiger partial charge in [-0.05, 0) is 123 Å². The number of nitrogens with zero attached hydrogens (tertiary/aromatic N) is 1. The van der Waals surface area contributed by atoms with Gasteiger partial charge in [0.1, 0.15) is 11.9 Å². The number of amides is 1. The summed E-state index contributed by atoms with van der Waals surface area (Å²) in [5, 5.41) is 3.28. The molecule has 1 N–H and O–H groups in total. The number of rotatable bonds is 5. The number of alkyl carbamates (subject to hydrolysis) is 1. The topological polar surface area (TPSA) is 50.8 Å². The Morgan fingerprint density at radius 3 is 2.36 bits per heavy atom. The molecular formula is C31H42N2O3. The molecule has 4 aliphatic rings. The van der Waals surface area contributed by atoms with Crippen molar-refractivity contribution in [1.82, 2.24) is 10.2 Å². The highest BCUT2D eigenvalue weighted by Crippen LogP contribution is 2.45. The number of hydrogen-bond donors (Lipinski definition) is 1. The molecule has 3 saturated heterocycles. The minimum Gasteiger partial charge on any atom is -0.490 e. The maximum atomic E-state index is 13.1. The maximum absolute atomic E-state index is 13.1. The molecule has 2 aromatic carbocycles. The van der Waals surface area contributed by atoms with Gasteiger partial charge in [-0.3, -0.25) is 4.90 Å². The van der Waals surface area contributed by atoms with Crippen LogP contribution in [0.25, 0.3) is 11.1 Å². The molecule has 3 fully saturated rings. The van der Waals surface area contributed by atoms with Crippen molar-refractivity contribution < 1.29 is 14.3 Å². The first-order chi connectivity index (χ1) is 17.1. The molecule has 36 heavy (non-hydrogen) atoms. The van der Waals surface area contributed by atoms with Crippen molar-refractivity contribution in [3.8, 4) is 16.9 Å². The average molecular weight is 491 g/mol. The Bertz CT molecular complexity index is 1110. The minimum absolute atomic E-state index is 0.0233. The molecular weight excluding hydrogens is 448 g/mol. The highest BCUT2D eigenvalue weighted by Gasteiger charge is 2.40. The summed E-state index contributed by atoms with van der Waals surface area (Å²) in [6.45, 7) is 16.0. The molecule has 6 rings (SSSR count). The fourth-order valence-electron chi connectivity index (χ4n) is 6.45. The van der Waals surface area contributed by atoms with Crippen LogP contribution in [0.15, 0.2) is 30.3 Å². The van der Waals surface area contributed by atoms with E-state index in [1.165, 1.54) is 22.3 Å². The van der Waals surface area contributed by atoms with Gasteiger partial charge in [-0.15, -0.1) is 0 Å². The van der Waals surface area contributed by atoms with Crippen LogP contribution in [0.4, 0.5) is 4.79 Å². The van der Waals surface area contributed by atoms with E-state index in [-0.39, 0.29) is 29.8 Å². The van der Waals surface area contributed by atoms with Crippen molar-refractivity contribution in [2.75, 3.05) is 19.6 Å². The van der Waals surface area contributed by atoms with Gasteiger partial charge in [0.15, 0.2) is 0 Å². The minimum atomic E-state index is -0.268. The van der Waals surface area contributed by atoms with E-state index in [1.807, 2.05) is 0 Å². The predicted molar refractivity (Wildman–Crippen MR) is 145 cm³/mol. The van der Waals surface area contributed by atoms with Crippen LogP contribution < -0.4 is 10.1 Å². The SMILES string of the molecule is Cc1cc(-c2ccc3c(c2)CCC(C)(C)[C@H]3NC(=O)O[C@@H]2CN3CCC2CC3)cc(C)c1OC(C)C. The van der Waals surface area contributed by atoms with Crippen molar-refractivity contribution in [3.63, 3.8) is 0 Å². The van der Waals surface area contributed by atoms with Crippen LogP contribution in [0.3, 0.4) is 0 Å². The lowest BCUT2D eigenvalue weighted by Gasteiger charge is -2.44. The normalized spacial score (nSPS) is 26.4. The maximum Gasteiger partial charge on any atom is 0.407 e. The molecule has 5 heteroatoms. The number of carbonyl (C=O) groups excluding carboxylic acids is 1. The van der Waals surface area contributed by atoms with Crippen molar-refractivity contribution >= 4 is 6.09 Å². The van der Waals surface area contributed by atoms with Crippen LogP contribution in [0, 0.1) is 25.2 Å². The number of hydrogen-bond acceptors (Lipinski definition) is 4. The third-order valence-electron chi connectivity index (χ3n) is 8.54. The van der Waals surface area contributed by atoms with Crippen molar-refractivity contribution in [2.24, 2.45) is 11.3 Å². The number of nitrogens with one attached hydrogen (secondary N) is 1. The Labute approximate surface area is 216 Å². The molecule has 1 aliphatic carbocycles. The Morgan fingerprint density at radius 2 is 1.75 bits per heavy atom. The molecule has 2 bridgehead atoms. The molecule has 0 aromatic heterocycles. The highest BCUT2D eigenvalue weighted by atomic mass is 16.6. The molecule has 0 spiro atoms. The second-order valence-electron chi connectivity index (χ2n) is 12.2. The van der Waals surface area contributed by atoms with Gasteiger partial charge in [0, 0.05) is 6.54 Å². The monoisotopic (exact) mass is 490 g/mol. The van der Waals surface area contributed by atoms with Gasteiger partial charge in [0.25, 0.3) is 0 Å². The van der Waals surface area contributed by atoms with Crippen LogP contribution in [0.2, 0.25) is 0 Å². The number of fused-ring (bicyclic) bond motifs is 4. The summed E-state index contributed by atoms with van der Waals surface area (Å²) >= 11 is 0. The summed E-state index contributed by atoms with van der Waals surface area (Å²) in [6.07, 6.45) is 4.22. The summed E-state index contributed by atoms with van der Waals surface area (Å²) in [6, 6.07) is 11.1. The molecule has 3 heterocycles. The number of benzene rings is 2. The van der Waals surface area contributed by atoms with E-state index in [9.17, 15) is 4.79 Å². The lowest BCUT2D eigenvalue weighted by Crippen LogP contribution is -2.53. The molecule has 194 valence electrons. The third-order valence-corrected chi connectivity index (χ3v) is 8.54. The van der Waals surface area contributed by atoms with Gasteiger partial charge < -0.3 is 14.8 Å². The standard InChI is InChI=1S/C31H42N2O3/c1-19(2)35-28-20(3)15-25(16-21(28)4)23-7-8-26-24(17-23)9-12-31(5,6)29(26)32-30(34)36-27-18-33-13-10-22(27)11-14-33/h7-8,15-17,19,22,27,29H,9-14,18H2,1-6H3,(H,32,34)/t27-,29+/m1/s1. The average Bonchev–Trinajstić information content (AvgIpc) is 2.83. The van der Waals surface area contributed by atoms with Crippen LogP contribution in [-0.4, -0.2) is 42.8 Å². The van der Waals surface area contributed by atoms with Gasteiger partial charge in [-0.25, -0.2) is 4.79 Å². The third kappa shape index (κ3) is 5.00. The first kappa shape index (κ1) is 25.1. The lowest BCUT2D eigenvalue weighted by molar-refractivity contribution is -0.0353. The number of piperidine rings is 3. The van der Waals surface area contributed by atoms with Crippen LogP contribution in [0.1, 0.15) is 75.3 Å². The number of aryl methyl sites for hydroxylation is 3. The summed E-state index contributed by atoms with van der Waals surface area (Å²) in [7, 11) is 0. The molecule has 2 aromatic rings. The smallest absolute Gasteiger partial charge is 0.407 e. The Hall–Kier alpha value is -2.53. The number of ether oxygens (including phenoxy) is 2. The van der Waals surface area contributed by atoms with Crippen LogP contribution in [-0.2, 0) is 11.2 Å². The molecule has 5 nitrogen and oxygen atoms in total. The van der Waals surface area contributed by atoms with E-state index in [2.05, 4.69) is 82.1 Å². The van der Waals surface area contributed by atoms with Crippen molar-refractivity contribution in [3.05, 3.63) is 52.6 Å². The largest absolute Gasteiger partial charge is 0.490 e. The fraction of sp³-hybridized carbons (Fsp3) is 0.581. The van der Waals surface area contributed by atoms with E-state index in [0.717, 1.165) is 62.2 Å². The molecule has 3 aliphatic heterocycles. The zero-order valence-corrected chi connectivity index (χ0v) is 22.8. The highest BCUT2D eigenvalue weighted by molar-refractivity contribution is 5.71. The first-order valence-corrected chi connectivity index (χ1v) is 13.7. The number of carbonyl (C=O) groups is 1. The van der Waals surface area contributed by atoms with Gasteiger partial charge >= 0.3 is 6.09 Å². The summed E-state index contributed by atoms with van der Waals surface area (Å²) < 4.78 is 12.0. The zero-order chi connectivity index (χ0) is 25.6. The van der Waals surface area contributed by atoms with E-state index >= 15 is 0 Å². The second-order valence-corrected chi connectivity index (χ2v) is 12.2. The van der Waals surface area contributed by atoms with E-state index in [4.69, 9.17) is 9.47 Å². The van der Waals surface area contributed by atoms with E-state index < -0.39 is 0 Å². The lowest BCUT2D eigenvalue weighted by atomic mass is 9.70. The Kier molecular flexibility index (Phi) is 6.80. The summed E-state index contributed by atoms with van der Waals surface area (Å²) in [4.78, 5) is 15.5. The van der Waals surface area contributed by atoms with E-state index in [0.29, 0.717) is 5.92 Å². The molecule has 2 atom stereocenters. The second kappa shape index (κ2) is 9.74. The quantitative estimate of drug-likeness (QED) is 0.514. The van der Waals surface area contributed by atoms with Gasteiger partial charge in [0.2, 0.25) is 0 Å². The predicted octanol–water partition coefficient (Wildman–Crippen LogP) is 6.59. The molecule has 1 amide bonds. The van der Waals surface area contributed by atoms with Gasteiger partial charge in [0.05, 0.1) is 12.1 Å². The van der Waals surface area contributed by atoms with Crippen LogP contribution >= 0.6 is 0 Å². The van der Waals surface area contributed by atoms with Crippen molar-refractivity contribution in [1.29, 1.82) is 0 Å². The Balaban J connectivity index is 1.36.